The molecule has 0 rings (SSSR count). The predicted molar refractivity (Wildman–Crippen MR) is 38.6 cm³/mol. The monoisotopic (exact) mass is 134 g/mol. The molecule has 0 spiro atoms. The van der Waals surface area contributed by atoms with E-state index < -0.39 is 0 Å². The molecule has 0 saturated carbocycles. The molecule has 0 aromatic rings. The third-order valence-corrected chi connectivity index (χ3v) is 0.618. The van der Waals surface area contributed by atoms with Gasteiger partial charge in [0.2, 0.25) is 0 Å². The van der Waals surface area contributed by atoms with Crippen LogP contribution in [0.1, 0.15) is 12.8 Å². The number of nitrogens with one attached hydrogen (secondary N) is 1. The van der Waals surface area contributed by atoms with E-state index in [1.54, 1.807) is 6.08 Å². The molecular formula is C5H11ClN2. The molecule has 2 nitrogen and oxygen atoms in total. The van der Waals surface area contributed by atoms with Crippen molar-refractivity contribution in [2.75, 3.05) is 0 Å². The van der Waals surface area contributed by atoms with Gasteiger partial charge in [0.15, 0.2) is 0 Å². The molecule has 48 valence electrons. The van der Waals surface area contributed by atoms with E-state index in [9.17, 15) is 0 Å². The second kappa shape index (κ2) is 6.50. The minimum absolute atomic E-state index is 0. The Bertz CT molecular complexity index is 80.5. The molecule has 0 atom stereocenters. The van der Waals surface area contributed by atoms with Gasteiger partial charge in [-0.1, -0.05) is 6.08 Å². The summed E-state index contributed by atoms with van der Waals surface area (Å²) < 4.78 is 0. The first kappa shape index (κ1) is 10.5. The van der Waals surface area contributed by atoms with Crippen molar-refractivity contribution in [2.45, 2.75) is 12.8 Å². The van der Waals surface area contributed by atoms with Crippen molar-refractivity contribution in [1.82, 2.24) is 0 Å². The van der Waals surface area contributed by atoms with Gasteiger partial charge in [0.25, 0.3) is 0 Å². The predicted octanol–water partition coefficient (Wildman–Crippen LogP) is 1.31. The molecular weight excluding hydrogens is 124 g/mol. The molecule has 0 amide bonds. The number of amidine groups is 1. The normalized spacial score (nSPS) is 7.00. The van der Waals surface area contributed by atoms with Gasteiger partial charge in [-0.15, -0.1) is 19.0 Å². The van der Waals surface area contributed by atoms with Crippen molar-refractivity contribution in [1.29, 1.82) is 5.41 Å². The average molecular weight is 135 g/mol. The molecule has 0 aromatic carbocycles. The Kier molecular flexibility index (Phi) is 8.51. The summed E-state index contributed by atoms with van der Waals surface area (Å²) in [6, 6.07) is 0. The Labute approximate surface area is 55.7 Å². The summed E-state index contributed by atoms with van der Waals surface area (Å²) in [7, 11) is 0. The highest BCUT2D eigenvalue weighted by Crippen LogP contribution is 1.84. The van der Waals surface area contributed by atoms with E-state index in [4.69, 9.17) is 11.1 Å². The zero-order valence-electron chi connectivity index (χ0n) is 4.68. The smallest absolute Gasteiger partial charge is 0.0908 e. The van der Waals surface area contributed by atoms with Crippen LogP contribution in [-0.4, -0.2) is 5.84 Å². The lowest BCUT2D eigenvalue weighted by atomic mass is 10.3. The summed E-state index contributed by atoms with van der Waals surface area (Å²) >= 11 is 0. The summed E-state index contributed by atoms with van der Waals surface area (Å²) in [5, 5.41) is 6.73. The Morgan fingerprint density at radius 3 is 2.38 bits per heavy atom. The molecule has 0 heterocycles. The fourth-order valence-corrected chi connectivity index (χ4v) is 0.258. The maximum absolute atomic E-state index is 6.73. The Morgan fingerprint density at radius 1 is 1.75 bits per heavy atom. The van der Waals surface area contributed by atoms with Crippen LogP contribution in [0.2, 0.25) is 0 Å². The van der Waals surface area contributed by atoms with Crippen LogP contribution in [0.3, 0.4) is 0 Å². The molecule has 8 heavy (non-hydrogen) atoms. The van der Waals surface area contributed by atoms with E-state index in [1.165, 1.54) is 0 Å². The Morgan fingerprint density at radius 2 is 2.25 bits per heavy atom. The van der Waals surface area contributed by atoms with E-state index in [1.807, 2.05) is 0 Å². The summed E-state index contributed by atoms with van der Waals surface area (Å²) in [5.74, 6) is 0.236. The summed E-state index contributed by atoms with van der Waals surface area (Å²) in [6.07, 6.45) is 3.21. The van der Waals surface area contributed by atoms with Crippen molar-refractivity contribution in [3.8, 4) is 0 Å². The summed E-state index contributed by atoms with van der Waals surface area (Å²) in [6.45, 7) is 3.48. The van der Waals surface area contributed by atoms with E-state index in [2.05, 4.69) is 6.58 Å². The number of allylic oxidation sites excluding steroid dienone is 1. The van der Waals surface area contributed by atoms with Crippen molar-refractivity contribution >= 4 is 18.2 Å². The maximum atomic E-state index is 6.73. The van der Waals surface area contributed by atoms with Gasteiger partial charge in [0.05, 0.1) is 5.84 Å². The fraction of sp³-hybridized carbons (Fsp3) is 0.400. The highest BCUT2D eigenvalue weighted by Gasteiger charge is 1.81. The Hall–Kier alpha value is -0.500. The van der Waals surface area contributed by atoms with Gasteiger partial charge < -0.3 is 5.73 Å². The highest BCUT2D eigenvalue weighted by atomic mass is 35.5. The van der Waals surface area contributed by atoms with Gasteiger partial charge in [0.1, 0.15) is 0 Å². The van der Waals surface area contributed by atoms with E-state index in [0.717, 1.165) is 6.42 Å². The topological polar surface area (TPSA) is 49.9 Å². The second-order valence-electron chi connectivity index (χ2n) is 1.35. The summed E-state index contributed by atoms with van der Waals surface area (Å²) in [4.78, 5) is 0. The van der Waals surface area contributed by atoms with Crippen LogP contribution in [0.25, 0.3) is 0 Å². The average Bonchev–Trinajstić information content (AvgIpc) is 1.61. The molecule has 0 fully saturated rings. The first-order chi connectivity index (χ1) is 3.27. The molecule has 0 aliphatic heterocycles. The number of nitrogens with two attached hydrogens (primary N) is 1. The molecule has 3 N–H and O–H groups in total. The molecule has 0 saturated heterocycles. The third-order valence-electron chi connectivity index (χ3n) is 0.618. The van der Waals surface area contributed by atoms with E-state index >= 15 is 0 Å². The number of rotatable bonds is 3. The van der Waals surface area contributed by atoms with Crippen LogP contribution in [0.4, 0.5) is 0 Å². The number of hydrogen-bond acceptors (Lipinski definition) is 1. The quantitative estimate of drug-likeness (QED) is 0.341. The SMILES string of the molecule is C=CCCC(=N)N.Cl. The molecule has 0 aliphatic rings. The van der Waals surface area contributed by atoms with Gasteiger partial charge in [0, 0.05) is 6.42 Å². The van der Waals surface area contributed by atoms with Gasteiger partial charge in [-0.05, 0) is 6.42 Å². The first-order valence-corrected chi connectivity index (χ1v) is 2.21. The second-order valence-corrected chi connectivity index (χ2v) is 1.35. The zero-order chi connectivity index (χ0) is 5.70. The van der Waals surface area contributed by atoms with E-state index in [-0.39, 0.29) is 18.2 Å². The third kappa shape index (κ3) is 9.09. The van der Waals surface area contributed by atoms with Crippen molar-refractivity contribution in [2.24, 2.45) is 5.73 Å². The van der Waals surface area contributed by atoms with Crippen LogP contribution in [0, 0.1) is 5.41 Å². The zero-order valence-corrected chi connectivity index (χ0v) is 5.50. The largest absolute Gasteiger partial charge is 0.388 e. The highest BCUT2D eigenvalue weighted by molar-refractivity contribution is 5.85. The molecule has 0 aromatic heterocycles. The fourth-order valence-electron chi connectivity index (χ4n) is 0.258. The lowest BCUT2D eigenvalue weighted by Crippen LogP contribution is -2.07. The number of halogens is 1. The van der Waals surface area contributed by atoms with Gasteiger partial charge in [-0.3, -0.25) is 5.41 Å². The van der Waals surface area contributed by atoms with Crippen LogP contribution in [0.15, 0.2) is 12.7 Å². The Balaban J connectivity index is 0. The first-order valence-electron chi connectivity index (χ1n) is 2.21. The lowest BCUT2D eigenvalue weighted by Gasteiger charge is -1.87. The van der Waals surface area contributed by atoms with E-state index in [0.29, 0.717) is 6.42 Å². The van der Waals surface area contributed by atoms with Crippen LogP contribution in [-0.2, 0) is 0 Å². The minimum Gasteiger partial charge on any atom is -0.388 e. The lowest BCUT2D eigenvalue weighted by molar-refractivity contribution is 1.07. The minimum atomic E-state index is 0. The van der Waals surface area contributed by atoms with Crippen LogP contribution in [0.5, 0.6) is 0 Å². The molecule has 0 aliphatic carbocycles. The van der Waals surface area contributed by atoms with Crippen molar-refractivity contribution in [3.05, 3.63) is 12.7 Å². The van der Waals surface area contributed by atoms with Crippen molar-refractivity contribution < 1.29 is 0 Å². The molecule has 0 radical (unpaired) electrons. The van der Waals surface area contributed by atoms with Crippen LogP contribution >= 0.6 is 12.4 Å². The molecule has 0 unspecified atom stereocenters. The maximum Gasteiger partial charge on any atom is 0.0908 e. The van der Waals surface area contributed by atoms with Gasteiger partial charge in [-0.2, -0.15) is 0 Å². The molecule has 0 bridgehead atoms. The van der Waals surface area contributed by atoms with Crippen LogP contribution < -0.4 is 5.73 Å². The number of hydrogen-bond donors (Lipinski definition) is 2. The van der Waals surface area contributed by atoms with Crippen molar-refractivity contribution in [3.63, 3.8) is 0 Å². The standard InChI is InChI=1S/C5H10N2.ClH/c1-2-3-4-5(6)7;/h2H,1,3-4H2,(H3,6,7);1H. The summed E-state index contributed by atoms with van der Waals surface area (Å²) in [5.41, 5.74) is 5.01. The van der Waals surface area contributed by atoms with Gasteiger partial charge in [-0.25, -0.2) is 0 Å². The molecule has 3 heteroatoms. The van der Waals surface area contributed by atoms with Gasteiger partial charge >= 0.3 is 0 Å².